The van der Waals surface area contributed by atoms with Gasteiger partial charge in [-0.3, -0.25) is 4.79 Å². The van der Waals surface area contributed by atoms with Gasteiger partial charge in [0.05, 0.1) is 0 Å². The highest BCUT2D eigenvalue weighted by atomic mass is 16.7. The van der Waals surface area contributed by atoms with Crippen LogP contribution in [-0.2, 0) is 4.79 Å². The van der Waals surface area contributed by atoms with Gasteiger partial charge in [-0.2, -0.15) is 0 Å². The molecule has 1 unspecified atom stereocenters. The average Bonchev–Trinajstić information content (AvgIpc) is 3.44. The van der Waals surface area contributed by atoms with Crippen LogP contribution < -0.4 is 18.9 Å². The zero-order valence-electron chi connectivity index (χ0n) is 23.2. The predicted molar refractivity (Wildman–Crippen MR) is 155 cm³/mol. The summed E-state index contributed by atoms with van der Waals surface area (Å²) in [6, 6.07) is 21.6. The van der Waals surface area contributed by atoms with Gasteiger partial charge in [0, 0.05) is 13.5 Å². The lowest BCUT2D eigenvalue weighted by Crippen LogP contribution is -2.38. The zero-order chi connectivity index (χ0) is 27.9. The third kappa shape index (κ3) is 6.84. The van der Waals surface area contributed by atoms with E-state index >= 15 is 0 Å². The van der Waals surface area contributed by atoms with Gasteiger partial charge in [-0.15, -0.1) is 0 Å². The highest BCUT2D eigenvalue weighted by Crippen LogP contribution is 2.40. The van der Waals surface area contributed by atoms with E-state index in [0.717, 1.165) is 58.8 Å². The number of piperidine rings is 1. The molecule has 0 amide bonds. The number of carbonyl (C=O) groups excluding carboxylic acids is 1. The Balaban J connectivity index is 1.41. The van der Waals surface area contributed by atoms with Gasteiger partial charge < -0.3 is 29.0 Å². The van der Waals surface area contributed by atoms with Crippen LogP contribution in [0.2, 0.25) is 0 Å². The minimum Gasteiger partial charge on any atom is -0.491 e. The van der Waals surface area contributed by atoms with Crippen molar-refractivity contribution < 1.29 is 28.8 Å². The number of aliphatic hydroxyl groups is 1. The van der Waals surface area contributed by atoms with E-state index in [1.165, 1.54) is 26.2 Å². The molecule has 7 heteroatoms. The maximum Gasteiger partial charge on any atom is 0.308 e. The fourth-order valence-corrected chi connectivity index (χ4v) is 5.38. The van der Waals surface area contributed by atoms with E-state index in [0.29, 0.717) is 18.0 Å². The summed E-state index contributed by atoms with van der Waals surface area (Å²) in [5, 5.41) is 10.5. The molecule has 1 atom stereocenters. The molecule has 2 aliphatic heterocycles. The van der Waals surface area contributed by atoms with Crippen LogP contribution in [0.5, 0.6) is 23.0 Å². The lowest BCUT2D eigenvalue weighted by Gasteiger charge is -2.28. The number of ether oxygens (including phenoxy) is 4. The maximum absolute atomic E-state index is 11.4. The Morgan fingerprint density at radius 3 is 2.15 bits per heavy atom. The predicted octanol–water partition coefficient (Wildman–Crippen LogP) is 5.94. The van der Waals surface area contributed by atoms with Gasteiger partial charge in [-0.25, -0.2) is 0 Å². The summed E-state index contributed by atoms with van der Waals surface area (Å²) < 4.78 is 22.4. The Bertz CT molecular complexity index is 1330. The van der Waals surface area contributed by atoms with Gasteiger partial charge in [-0.1, -0.05) is 43.7 Å². The summed E-state index contributed by atoms with van der Waals surface area (Å²) in [5.41, 5.74) is 5.27. The summed E-state index contributed by atoms with van der Waals surface area (Å²) in [6.45, 7) is 6.75. The number of fused-ring (bicyclic) bond motifs is 1. The minimum atomic E-state index is -0.526. The van der Waals surface area contributed by atoms with Gasteiger partial charge >= 0.3 is 5.97 Å². The molecule has 3 aromatic carbocycles. The Labute approximate surface area is 235 Å². The molecule has 7 nitrogen and oxygen atoms in total. The molecule has 0 bridgehead atoms. The van der Waals surface area contributed by atoms with Crippen LogP contribution in [0, 0.1) is 0 Å². The number of likely N-dealkylation sites (tertiary alicyclic amines) is 1. The van der Waals surface area contributed by atoms with Gasteiger partial charge in [0.1, 0.15) is 24.2 Å². The second kappa shape index (κ2) is 13.0. The Hall–Kier alpha value is -3.81. The first-order valence-corrected chi connectivity index (χ1v) is 14.1. The molecule has 210 valence electrons. The third-order valence-corrected chi connectivity index (χ3v) is 7.28. The van der Waals surface area contributed by atoms with Crippen molar-refractivity contribution in [2.24, 2.45) is 0 Å². The van der Waals surface area contributed by atoms with Crippen molar-refractivity contribution in [3.05, 3.63) is 83.4 Å². The van der Waals surface area contributed by atoms with E-state index in [-0.39, 0.29) is 19.4 Å². The summed E-state index contributed by atoms with van der Waals surface area (Å²) in [4.78, 5) is 13.7. The van der Waals surface area contributed by atoms with Crippen LogP contribution in [0.1, 0.15) is 56.2 Å². The van der Waals surface area contributed by atoms with Crippen molar-refractivity contribution in [3.63, 3.8) is 0 Å². The summed E-state index contributed by atoms with van der Waals surface area (Å²) >= 11 is 0. The average molecular weight is 544 g/mol. The highest BCUT2D eigenvalue weighted by molar-refractivity contribution is 5.99. The molecule has 1 N–H and O–H groups in total. The number of β-amino-alcohol motifs (C(OH)–C–C–N with tert-alkyl or cyclic N) is 1. The van der Waals surface area contributed by atoms with E-state index < -0.39 is 6.10 Å². The first-order chi connectivity index (χ1) is 19.5. The molecular formula is C33H37NO6. The van der Waals surface area contributed by atoms with Crippen LogP contribution in [0.25, 0.3) is 11.1 Å². The molecular weight excluding hydrogens is 506 g/mol. The maximum atomic E-state index is 11.4. The number of allylic oxidation sites excluding steroid dienone is 1. The molecule has 5 rings (SSSR count). The summed E-state index contributed by atoms with van der Waals surface area (Å²) in [7, 11) is 0. The summed E-state index contributed by atoms with van der Waals surface area (Å²) in [5.74, 6) is 2.35. The molecule has 1 saturated heterocycles. The molecule has 0 spiro atoms. The lowest BCUT2D eigenvalue weighted by molar-refractivity contribution is -0.131. The number of esters is 1. The number of nitrogens with zero attached hydrogens (tertiary/aromatic N) is 1. The Morgan fingerprint density at radius 1 is 0.875 bits per heavy atom. The molecule has 3 aromatic rings. The standard InChI is InChI=1S/C33H37NO6/c1-3-30(26-11-16-31-32(19-26)39-22-38-31)33(25-9-14-29(15-10-25)40-23(2)35)24-7-12-28(13-8-24)37-21-27(36)20-34-17-5-4-6-18-34/h7-16,19,27,36H,3-6,17-18,20-22H2,1-2H3/b33-30+. The molecule has 0 saturated carbocycles. The number of benzene rings is 3. The molecule has 0 radical (unpaired) electrons. The second-order valence-electron chi connectivity index (χ2n) is 10.2. The number of hydrogen-bond acceptors (Lipinski definition) is 7. The summed E-state index contributed by atoms with van der Waals surface area (Å²) in [6.07, 6.45) is 3.92. The third-order valence-electron chi connectivity index (χ3n) is 7.28. The molecule has 1 fully saturated rings. The van der Waals surface area contributed by atoms with E-state index in [1.807, 2.05) is 60.7 Å². The normalized spacial score (nSPS) is 16.3. The van der Waals surface area contributed by atoms with E-state index in [2.05, 4.69) is 17.9 Å². The van der Waals surface area contributed by atoms with E-state index in [9.17, 15) is 9.90 Å². The topological polar surface area (TPSA) is 77.5 Å². The monoisotopic (exact) mass is 543 g/mol. The van der Waals surface area contributed by atoms with Crippen LogP contribution >= 0.6 is 0 Å². The number of aliphatic hydroxyl groups excluding tert-OH is 1. The van der Waals surface area contributed by atoms with Gasteiger partial charge in [-0.05, 0) is 96.6 Å². The van der Waals surface area contributed by atoms with Gasteiger partial charge in [0.2, 0.25) is 6.79 Å². The van der Waals surface area contributed by atoms with Crippen molar-refractivity contribution in [2.45, 2.75) is 45.6 Å². The Kier molecular flexibility index (Phi) is 9.04. The molecule has 0 aliphatic carbocycles. The Morgan fingerprint density at radius 2 is 1.50 bits per heavy atom. The highest BCUT2D eigenvalue weighted by Gasteiger charge is 2.19. The first-order valence-electron chi connectivity index (χ1n) is 14.1. The van der Waals surface area contributed by atoms with Crippen molar-refractivity contribution >= 4 is 17.1 Å². The first kappa shape index (κ1) is 27.7. The molecule has 2 aliphatic rings. The fourth-order valence-electron chi connectivity index (χ4n) is 5.38. The van der Waals surface area contributed by atoms with Crippen LogP contribution in [0.3, 0.4) is 0 Å². The van der Waals surface area contributed by atoms with Crippen molar-refractivity contribution in [1.29, 1.82) is 0 Å². The molecule has 40 heavy (non-hydrogen) atoms. The number of rotatable bonds is 10. The van der Waals surface area contributed by atoms with Crippen LogP contribution in [0.4, 0.5) is 0 Å². The van der Waals surface area contributed by atoms with Crippen molar-refractivity contribution in [3.8, 4) is 23.0 Å². The van der Waals surface area contributed by atoms with Gasteiger partial charge in [0.25, 0.3) is 0 Å². The smallest absolute Gasteiger partial charge is 0.308 e. The lowest BCUT2D eigenvalue weighted by atomic mass is 9.88. The SMILES string of the molecule is CC/C(=C(/c1ccc(OCC(O)CN2CCCCC2)cc1)c1ccc(OC(C)=O)cc1)c1ccc2c(c1)OCO2. The van der Waals surface area contributed by atoms with Crippen molar-refractivity contribution in [1.82, 2.24) is 4.90 Å². The van der Waals surface area contributed by atoms with Crippen LogP contribution in [0.15, 0.2) is 66.7 Å². The molecule has 0 aromatic heterocycles. The van der Waals surface area contributed by atoms with Crippen molar-refractivity contribution in [2.75, 3.05) is 33.0 Å². The molecule has 2 heterocycles. The minimum absolute atomic E-state index is 0.225. The van der Waals surface area contributed by atoms with Gasteiger partial charge in [0.15, 0.2) is 11.5 Å². The van der Waals surface area contributed by atoms with Crippen LogP contribution in [-0.4, -0.2) is 55.1 Å². The number of carbonyl (C=O) groups is 1. The van der Waals surface area contributed by atoms with E-state index in [4.69, 9.17) is 18.9 Å². The fraction of sp³-hybridized carbons (Fsp3) is 0.364. The number of hydrogen-bond donors (Lipinski definition) is 1. The van der Waals surface area contributed by atoms with E-state index in [1.54, 1.807) is 0 Å². The zero-order valence-corrected chi connectivity index (χ0v) is 23.2. The largest absolute Gasteiger partial charge is 0.491 e. The second-order valence-corrected chi connectivity index (χ2v) is 10.2. The quantitative estimate of drug-likeness (QED) is 0.193.